The summed E-state index contributed by atoms with van der Waals surface area (Å²) in [5.41, 5.74) is 6.28. The zero-order chi connectivity index (χ0) is 13.6. The first-order valence-electron chi connectivity index (χ1n) is 7.53. The van der Waals surface area contributed by atoms with E-state index in [0.717, 1.165) is 25.8 Å². The molecule has 0 amide bonds. The second-order valence-corrected chi connectivity index (χ2v) is 6.84. The molecular formula is C15H32N2O. The van der Waals surface area contributed by atoms with E-state index in [1.54, 1.807) is 0 Å². The molecule has 1 aliphatic heterocycles. The largest absolute Gasteiger partial charge is 0.394 e. The molecular weight excluding hydrogens is 224 g/mol. The van der Waals surface area contributed by atoms with Crippen LogP contribution < -0.4 is 5.73 Å². The Bertz CT molecular complexity index is 237. The van der Waals surface area contributed by atoms with E-state index in [0.29, 0.717) is 5.41 Å². The van der Waals surface area contributed by atoms with Gasteiger partial charge in [0.1, 0.15) is 0 Å². The number of nitrogens with zero attached hydrogens (tertiary/aromatic N) is 1. The number of rotatable bonds is 6. The number of hydrogen-bond acceptors (Lipinski definition) is 3. The maximum atomic E-state index is 9.30. The average molecular weight is 256 g/mol. The van der Waals surface area contributed by atoms with Crippen molar-refractivity contribution >= 4 is 0 Å². The Morgan fingerprint density at radius 1 is 1.28 bits per heavy atom. The van der Waals surface area contributed by atoms with Crippen LogP contribution in [0.1, 0.15) is 59.3 Å². The van der Waals surface area contributed by atoms with Crippen LogP contribution >= 0.6 is 0 Å². The Morgan fingerprint density at radius 2 is 2.00 bits per heavy atom. The van der Waals surface area contributed by atoms with Crippen LogP contribution in [0.5, 0.6) is 0 Å². The molecule has 1 fully saturated rings. The molecule has 0 aromatic heterocycles. The van der Waals surface area contributed by atoms with Gasteiger partial charge in [-0.3, -0.25) is 0 Å². The minimum absolute atomic E-state index is 0.108. The Kier molecular flexibility index (Phi) is 6.09. The minimum Gasteiger partial charge on any atom is -0.394 e. The van der Waals surface area contributed by atoms with Crippen molar-refractivity contribution in [3.05, 3.63) is 0 Å². The number of likely N-dealkylation sites (tertiary alicyclic amines) is 1. The van der Waals surface area contributed by atoms with Gasteiger partial charge in [0.25, 0.3) is 0 Å². The van der Waals surface area contributed by atoms with E-state index in [1.165, 1.54) is 32.4 Å². The molecule has 3 nitrogen and oxygen atoms in total. The second kappa shape index (κ2) is 6.88. The molecule has 18 heavy (non-hydrogen) atoms. The maximum absolute atomic E-state index is 9.30. The molecule has 108 valence electrons. The van der Waals surface area contributed by atoms with Crippen molar-refractivity contribution in [2.75, 3.05) is 26.2 Å². The maximum Gasteiger partial charge on any atom is 0.0611 e. The molecule has 0 aromatic rings. The fourth-order valence-electron chi connectivity index (χ4n) is 2.72. The van der Waals surface area contributed by atoms with Crippen LogP contribution in [0, 0.1) is 5.41 Å². The van der Waals surface area contributed by atoms with E-state index < -0.39 is 0 Å². The third kappa shape index (κ3) is 5.25. The fraction of sp³-hybridized carbons (Fsp3) is 1.00. The normalized spacial score (nSPS) is 24.5. The van der Waals surface area contributed by atoms with Crippen LogP contribution in [0.15, 0.2) is 0 Å². The van der Waals surface area contributed by atoms with Crippen LogP contribution in [0.2, 0.25) is 0 Å². The standard InChI is InChI=1S/C15H32N2O/c1-4-15(16,13-18)8-6-11-17-10-5-7-14(2,3)9-12-17/h18H,4-13,16H2,1-3H3. The highest BCUT2D eigenvalue weighted by molar-refractivity contribution is 4.82. The molecule has 0 bridgehead atoms. The lowest BCUT2D eigenvalue weighted by atomic mass is 9.85. The van der Waals surface area contributed by atoms with E-state index in [1.807, 2.05) is 0 Å². The summed E-state index contributed by atoms with van der Waals surface area (Å²) in [5, 5.41) is 9.30. The summed E-state index contributed by atoms with van der Waals surface area (Å²) in [5.74, 6) is 0. The highest BCUT2D eigenvalue weighted by Crippen LogP contribution is 2.29. The first-order valence-corrected chi connectivity index (χ1v) is 7.53. The Hall–Kier alpha value is -0.120. The van der Waals surface area contributed by atoms with Gasteiger partial charge in [-0.15, -0.1) is 0 Å². The van der Waals surface area contributed by atoms with Crippen molar-refractivity contribution in [1.82, 2.24) is 4.90 Å². The predicted molar refractivity (Wildman–Crippen MR) is 77.6 cm³/mol. The Labute approximate surface area is 113 Å². The molecule has 0 aliphatic carbocycles. The van der Waals surface area contributed by atoms with Crippen LogP contribution in [0.3, 0.4) is 0 Å². The molecule has 0 aromatic carbocycles. The van der Waals surface area contributed by atoms with Crippen LogP contribution in [-0.4, -0.2) is 41.8 Å². The van der Waals surface area contributed by atoms with Crippen molar-refractivity contribution in [3.63, 3.8) is 0 Å². The summed E-state index contributed by atoms with van der Waals surface area (Å²) in [4.78, 5) is 2.57. The molecule has 1 saturated heterocycles. The first kappa shape index (κ1) is 15.9. The summed E-state index contributed by atoms with van der Waals surface area (Å²) in [6, 6.07) is 0. The van der Waals surface area contributed by atoms with Crippen molar-refractivity contribution in [1.29, 1.82) is 0 Å². The molecule has 0 saturated carbocycles. The van der Waals surface area contributed by atoms with E-state index in [4.69, 9.17) is 5.73 Å². The zero-order valence-electron chi connectivity index (χ0n) is 12.5. The number of aliphatic hydroxyl groups is 1. The van der Waals surface area contributed by atoms with Gasteiger partial charge in [-0.1, -0.05) is 20.8 Å². The molecule has 3 N–H and O–H groups in total. The summed E-state index contributed by atoms with van der Waals surface area (Å²) in [6.07, 6.45) is 6.85. The lowest BCUT2D eigenvalue weighted by Crippen LogP contribution is -2.43. The molecule has 1 rings (SSSR count). The van der Waals surface area contributed by atoms with Crippen LogP contribution in [0.4, 0.5) is 0 Å². The van der Waals surface area contributed by atoms with E-state index in [-0.39, 0.29) is 12.1 Å². The van der Waals surface area contributed by atoms with Crippen molar-refractivity contribution in [2.24, 2.45) is 11.1 Å². The van der Waals surface area contributed by atoms with Crippen LogP contribution in [0.25, 0.3) is 0 Å². The average Bonchev–Trinajstić information content (AvgIpc) is 2.51. The van der Waals surface area contributed by atoms with E-state index >= 15 is 0 Å². The summed E-state index contributed by atoms with van der Waals surface area (Å²) < 4.78 is 0. The molecule has 1 unspecified atom stereocenters. The van der Waals surface area contributed by atoms with Gasteiger partial charge in [0, 0.05) is 5.54 Å². The highest BCUT2D eigenvalue weighted by atomic mass is 16.3. The fourth-order valence-corrected chi connectivity index (χ4v) is 2.72. The molecule has 1 aliphatic rings. The summed E-state index contributed by atoms with van der Waals surface area (Å²) in [7, 11) is 0. The summed E-state index contributed by atoms with van der Waals surface area (Å²) >= 11 is 0. The monoisotopic (exact) mass is 256 g/mol. The topological polar surface area (TPSA) is 49.5 Å². The molecule has 0 spiro atoms. The Balaban J connectivity index is 2.27. The zero-order valence-corrected chi connectivity index (χ0v) is 12.5. The lowest BCUT2D eigenvalue weighted by Gasteiger charge is -2.28. The number of nitrogens with two attached hydrogens (primary N) is 1. The van der Waals surface area contributed by atoms with E-state index in [9.17, 15) is 5.11 Å². The number of aliphatic hydroxyl groups excluding tert-OH is 1. The van der Waals surface area contributed by atoms with Crippen LogP contribution in [-0.2, 0) is 0 Å². The molecule has 0 radical (unpaired) electrons. The minimum atomic E-state index is -0.356. The van der Waals surface area contributed by atoms with E-state index in [2.05, 4.69) is 25.7 Å². The van der Waals surface area contributed by atoms with Gasteiger partial charge in [0.05, 0.1) is 6.61 Å². The smallest absolute Gasteiger partial charge is 0.0611 e. The lowest BCUT2D eigenvalue weighted by molar-refractivity contribution is 0.171. The van der Waals surface area contributed by atoms with Gasteiger partial charge < -0.3 is 15.7 Å². The van der Waals surface area contributed by atoms with Crippen molar-refractivity contribution in [2.45, 2.75) is 64.8 Å². The predicted octanol–water partition coefficient (Wildman–Crippen LogP) is 2.38. The quantitative estimate of drug-likeness (QED) is 0.767. The van der Waals surface area contributed by atoms with Crippen molar-refractivity contribution < 1.29 is 5.11 Å². The van der Waals surface area contributed by atoms with Gasteiger partial charge in [-0.2, -0.15) is 0 Å². The summed E-state index contributed by atoms with van der Waals surface area (Å²) in [6.45, 7) is 10.5. The third-order valence-corrected chi connectivity index (χ3v) is 4.60. The third-order valence-electron chi connectivity index (χ3n) is 4.60. The van der Waals surface area contributed by atoms with Gasteiger partial charge in [0.2, 0.25) is 0 Å². The first-order chi connectivity index (χ1) is 8.41. The molecule has 1 heterocycles. The van der Waals surface area contributed by atoms with Gasteiger partial charge >= 0.3 is 0 Å². The van der Waals surface area contributed by atoms with Crippen molar-refractivity contribution in [3.8, 4) is 0 Å². The van der Waals surface area contributed by atoms with Gasteiger partial charge in [0.15, 0.2) is 0 Å². The van der Waals surface area contributed by atoms with Gasteiger partial charge in [-0.25, -0.2) is 0 Å². The highest BCUT2D eigenvalue weighted by Gasteiger charge is 2.24. The SMILES string of the molecule is CCC(N)(CO)CCCN1CCCC(C)(C)CC1. The molecule has 3 heteroatoms. The molecule has 1 atom stereocenters. The number of hydrogen-bond donors (Lipinski definition) is 2. The Morgan fingerprint density at radius 3 is 2.61 bits per heavy atom. The van der Waals surface area contributed by atoms with Gasteiger partial charge in [-0.05, 0) is 63.6 Å². The second-order valence-electron chi connectivity index (χ2n) is 6.84.